The van der Waals surface area contributed by atoms with E-state index in [2.05, 4.69) is 5.32 Å². The molecule has 3 rings (SSSR count). The Hall–Kier alpha value is -3.07. The number of rotatable bonds is 12. The number of halogens is 2. The van der Waals surface area contributed by atoms with Crippen LogP contribution in [-0.2, 0) is 26.0 Å². The smallest absolute Gasteiger partial charge is 0.264 e. The van der Waals surface area contributed by atoms with Gasteiger partial charge in [0.15, 0.2) is 0 Å². The molecule has 0 fully saturated rings. The van der Waals surface area contributed by atoms with Crippen LogP contribution in [0, 0.1) is 12.8 Å². The standard InChI is InChI=1S/C30H35Cl2N3O4S/c1-21(2)19-33-30(37)23(4)34(15-14-24-8-6-5-7-9-24)29(36)20-35(27-17-25(31)16-26(32)18-27)40(38,39)28-12-10-22(3)11-13-28/h5-13,16-18,21,23H,14-15,19-20H2,1-4H3,(H,33,37)/t23-/m0/s1. The Morgan fingerprint density at radius 1 is 0.900 bits per heavy atom. The fourth-order valence-electron chi connectivity index (χ4n) is 4.07. The van der Waals surface area contributed by atoms with Crippen molar-refractivity contribution < 1.29 is 18.0 Å². The molecule has 0 aliphatic heterocycles. The maximum absolute atomic E-state index is 13.9. The molecule has 2 amide bonds. The highest BCUT2D eigenvalue weighted by Gasteiger charge is 2.32. The molecule has 0 aromatic heterocycles. The van der Waals surface area contributed by atoms with Gasteiger partial charge in [0.25, 0.3) is 10.0 Å². The molecule has 0 heterocycles. The number of sulfonamides is 1. The molecule has 0 radical (unpaired) electrons. The summed E-state index contributed by atoms with van der Waals surface area (Å²) in [5, 5.41) is 3.32. The van der Waals surface area contributed by atoms with Crippen molar-refractivity contribution in [3.63, 3.8) is 0 Å². The van der Waals surface area contributed by atoms with Crippen molar-refractivity contribution in [3.05, 3.63) is 94.0 Å². The van der Waals surface area contributed by atoms with Crippen LogP contribution in [0.5, 0.6) is 0 Å². The molecular weight excluding hydrogens is 569 g/mol. The zero-order valence-electron chi connectivity index (χ0n) is 23.1. The zero-order chi connectivity index (χ0) is 29.4. The topological polar surface area (TPSA) is 86.8 Å². The third-order valence-electron chi connectivity index (χ3n) is 6.36. The Labute approximate surface area is 247 Å². The Balaban J connectivity index is 1.99. The van der Waals surface area contributed by atoms with Gasteiger partial charge in [0.05, 0.1) is 10.6 Å². The summed E-state index contributed by atoms with van der Waals surface area (Å²) in [6, 6.07) is 19.5. The quantitative estimate of drug-likeness (QED) is 0.286. The van der Waals surface area contributed by atoms with Crippen LogP contribution in [0.3, 0.4) is 0 Å². The van der Waals surface area contributed by atoms with Crippen LogP contribution in [0.15, 0.2) is 77.7 Å². The molecule has 1 N–H and O–H groups in total. The molecule has 0 bridgehead atoms. The molecule has 7 nitrogen and oxygen atoms in total. The van der Waals surface area contributed by atoms with Crippen molar-refractivity contribution >= 4 is 50.7 Å². The van der Waals surface area contributed by atoms with Gasteiger partial charge < -0.3 is 10.2 Å². The number of benzene rings is 3. The second kappa shape index (κ2) is 14.0. The Morgan fingerprint density at radius 3 is 2.08 bits per heavy atom. The number of nitrogens with zero attached hydrogens (tertiary/aromatic N) is 2. The zero-order valence-corrected chi connectivity index (χ0v) is 25.4. The number of aryl methyl sites for hydroxylation is 1. The predicted molar refractivity (Wildman–Crippen MR) is 161 cm³/mol. The van der Waals surface area contributed by atoms with Gasteiger partial charge >= 0.3 is 0 Å². The first kappa shape index (κ1) is 31.5. The Bertz CT molecular complexity index is 1390. The fraction of sp³-hybridized carbons (Fsp3) is 0.333. The van der Waals surface area contributed by atoms with Crippen molar-refractivity contribution in [2.75, 3.05) is 23.9 Å². The SMILES string of the molecule is Cc1ccc(S(=O)(=O)N(CC(=O)N(CCc2ccccc2)[C@@H](C)C(=O)NCC(C)C)c2cc(Cl)cc(Cl)c2)cc1. The van der Waals surface area contributed by atoms with Crippen LogP contribution in [0.2, 0.25) is 10.0 Å². The van der Waals surface area contributed by atoms with Crippen LogP contribution in [-0.4, -0.2) is 50.8 Å². The van der Waals surface area contributed by atoms with Crippen molar-refractivity contribution in [3.8, 4) is 0 Å². The number of hydrogen-bond acceptors (Lipinski definition) is 4. The summed E-state index contributed by atoms with van der Waals surface area (Å²) in [7, 11) is -4.20. The third-order valence-corrected chi connectivity index (χ3v) is 8.58. The van der Waals surface area contributed by atoms with Crippen LogP contribution in [0.1, 0.15) is 31.9 Å². The minimum Gasteiger partial charge on any atom is -0.354 e. The van der Waals surface area contributed by atoms with Crippen LogP contribution in [0.4, 0.5) is 5.69 Å². The maximum atomic E-state index is 13.9. The van der Waals surface area contributed by atoms with Gasteiger partial charge in [-0.3, -0.25) is 13.9 Å². The van der Waals surface area contributed by atoms with Crippen molar-refractivity contribution in [2.45, 2.75) is 45.1 Å². The van der Waals surface area contributed by atoms with Gasteiger partial charge in [0.1, 0.15) is 12.6 Å². The summed E-state index contributed by atoms with van der Waals surface area (Å²) >= 11 is 12.5. The third kappa shape index (κ3) is 8.46. The Morgan fingerprint density at radius 2 is 1.50 bits per heavy atom. The second-order valence-electron chi connectivity index (χ2n) is 10.1. The summed E-state index contributed by atoms with van der Waals surface area (Å²) in [6.07, 6.45) is 0.488. The lowest BCUT2D eigenvalue weighted by Crippen LogP contribution is -2.52. The highest BCUT2D eigenvalue weighted by Crippen LogP contribution is 2.30. The van der Waals surface area contributed by atoms with E-state index in [1.165, 1.54) is 35.2 Å². The first-order valence-electron chi connectivity index (χ1n) is 13.0. The largest absolute Gasteiger partial charge is 0.354 e. The van der Waals surface area contributed by atoms with E-state index in [1.807, 2.05) is 51.1 Å². The van der Waals surface area contributed by atoms with Crippen molar-refractivity contribution in [1.29, 1.82) is 0 Å². The minimum atomic E-state index is -4.20. The number of nitrogens with one attached hydrogen (secondary N) is 1. The van der Waals surface area contributed by atoms with Crippen LogP contribution >= 0.6 is 23.2 Å². The number of anilines is 1. The lowest BCUT2D eigenvalue weighted by molar-refractivity contribution is -0.138. The summed E-state index contributed by atoms with van der Waals surface area (Å²) in [4.78, 5) is 28.4. The number of amides is 2. The van der Waals surface area contributed by atoms with E-state index in [9.17, 15) is 18.0 Å². The van der Waals surface area contributed by atoms with Gasteiger partial charge in [-0.25, -0.2) is 8.42 Å². The van der Waals surface area contributed by atoms with Crippen molar-refractivity contribution in [1.82, 2.24) is 10.2 Å². The molecule has 1 atom stereocenters. The highest BCUT2D eigenvalue weighted by atomic mass is 35.5. The van der Waals surface area contributed by atoms with Gasteiger partial charge in [-0.05, 0) is 62.1 Å². The van der Waals surface area contributed by atoms with Crippen LogP contribution < -0.4 is 9.62 Å². The molecular formula is C30H35Cl2N3O4S. The molecule has 10 heteroatoms. The molecule has 214 valence electrons. The first-order chi connectivity index (χ1) is 18.9. The fourth-order valence-corrected chi connectivity index (χ4v) is 5.98. The van der Waals surface area contributed by atoms with Gasteiger partial charge in [-0.1, -0.05) is 85.1 Å². The molecule has 0 unspecified atom stereocenters. The lowest BCUT2D eigenvalue weighted by Gasteiger charge is -2.32. The molecule has 3 aromatic carbocycles. The molecule has 0 aliphatic carbocycles. The first-order valence-corrected chi connectivity index (χ1v) is 15.2. The van der Waals surface area contributed by atoms with E-state index < -0.39 is 28.5 Å². The number of carbonyl (C=O) groups is 2. The van der Waals surface area contributed by atoms with Gasteiger partial charge in [0, 0.05) is 23.1 Å². The average molecular weight is 605 g/mol. The summed E-state index contributed by atoms with van der Waals surface area (Å²) in [6.45, 7) is 7.58. The van der Waals surface area contributed by atoms with Gasteiger partial charge in [-0.2, -0.15) is 0 Å². The van der Waals surface area contributed by atoms with Crippen molar-refractivity contribution in [2.24, 2.45) is 5.92 Å². The van der Waals surface area contributed by atoms with E-state index in [0.717, 1.165) is 15.4 Å². The van der Waals surface area contributed by atoms with Gasteiger partial charge in [-0.15, -0.1) is 0 Å². The molecule has 0 aliphatic rings. The van der Waals surface area contributed by atoms with E-state index >= 15 is 0 Å². The predicted octanol–water partition coefficient (Wildman–Crippen LogP) is 5.73. The summed E-state index contributed by atoms with van der Waals surface area (Å²) in [5.74, 6) is -0.615. The number of hydrogen-bond donors (Lipinski definition) is 1. The number of carbonyl (C=O) groups excluding carboxylic acids is 2. The molecule has 3 aromatic rings. The Kier molecular flexibility index (Phi) is 11.0. The monoisotopic (exact) mass is 603 g/mol. The maximum Gasteiger partial charge on any atom is 0.264 e. The highest BCUT2D eigenvalue weighted by molar-refractivity contribution is 7.92. The van der Waals surface area contributed by atoms with Gasteiger partial charge in [0.2, 0.25) is 11.8 Å². The molecule has 0 saturated carbocycles. The minimum absolute atomic E-state index is 0.0144. The second-order valence-corrected chi connectivity index (χ2v) is 12.8. The van der Waals surface area contributed by atoms with E-state index in [-0.39, 0.29) is 39.0 Å². The molecule has 0 spiro atoms. The average Bonchev–Trinajstić information content (AvgIpc) is 2.90. The molecule has 0 saturated heterocycles. The summed E-state index contributed by atoms with van der Waals surface area (Å²) < 4.78 is 28.7. The molecule has 40 heavy (non-hydrogen) atoms. The normalized spacial score (nSPS) is 12.2. The van der Waals surface area contributed by atoms with E-state index in [1.54, 1.807) is 19.1 Å². The lowest BCUT2D eigenvalue weighted by atomic mass is 10.1. The summed E-state index contributed by atoms with van der Waals surface area (Å²) in [5.41, 5.74) is 2.02. The van der Waals surface area contributed by atoms with E-state index in [4.69, 9.17) is 23.2 Å². The van der Waals surface area contributed by atoms with E-state index in [0.29, 0.717) is 13.0 Å². The van der Waals surface area contributed by atoms with Crippen LogP contribution in [0.25, 0.3) is 0 Å².